The first kappa shape index (κ1) is 17.4. The lowest BCUT2D eigenvalue weighted by atomic mass is 10.1. The van der Waals surface area contributed by atoms with Crippen LogP contribution in [-0.4, -0.2) is 36.6 Å². The molecule has 0 fully saturated rings. The van der Waals surface area contributed by atoms with E-state index in [1.54, 1.807) is 0 Å². The number of hydrogen-bond donors (Lipinski definition) is 1. The molecule has 1 N–H and O–H groups in total. The van der Waals surface area contributed by atoms with Gasteiger partial charge in [0.15, 0.2) is 6.54 Å². The van der Waals surface area contributed by atoms with E-state index in [1.807, 2.05) is 19.9 Å². The van der Waals surface area contributed by atoms with Gasteiger partial charge in [0.1, 0.15) is 0 Å². The lowest BCUT2D eigenvalue weighted by molar-refractivity contribution is -0.911. The minimum absolute atomic E-state index is 0.0793. The van der Waals surface area contributed by atoms with Crippen LogP contribution in [0, 0.1) is 20.8 Å². The Labute approximate surface area is 129 Å². The zero-order chi connectivity index (χ0) is 16.0. The maximum absolute atomic E-state index is 12.4. The fourth-order valence-corrected chi connectivity index (χ4v) is 2.90. The highest BCUT2D eigenvalue weighted by Gasteiger charge is 2.25. The summed E-state index contributed by atoms with van der Waals surface area (Å²) in [5.41, 5.74) is 4.42. The highest BCUT2D eigenvalue weighted by Crippen LogP contribution is 2.22. The predicted molar refractivity (Wildman–Crippen MR) is 90.6 cm³/mol. The molecule has 21 heavy (non-hydrogen) atoms. The van der Waals surface area contributed by atoms with Crippen molar-refractivity contribution in [3.05, 3.63) is 41.5 Å². The molecule has 0 heterocycles. The molecule has 0 radical (unpaired) electrons. The summed E-state index contributed by atoms with van der Waals surface area (Å²) in [6, 6.07) is 4.21. The van der Waals surface area contributed by atoms with Crippen molar-refractivity contribution in [1.29, 1.82) is 0 Å². The molecule has 1 amide bonds. The Morgan fingerprint density at radius 1 is 1.19 bits per heavy atom. The Balaban J connectivity index is 2.89. The van der Waals surface area contributed by atoms with E-state index in [2.05, 4.69) is 44.8 Å². The van der Waals surface area contributed by atoms with E-state index in [1.165, 1.54) is 5.56 Å². The molecule has 0 saturated carbocycles. The molecule has 1 aromatic carbocycles. The molecule has 0 unspecified atom stereocenters. The Bertz CT molecular complexity index is 493. The van der Waals surface area contributed by atoms with Gasteiger partial charge < -0.3 is 9.80 Å². The first-order valence-corrected chi connectivity index (χ1v) is 7.71. The molecule has 0 bridgehead atoms. The number of hydrogen-bond acceptors (Lipinski definition) is 1. The van der Waals surface area contributed by atoms with Crippen molar-refractivity contribution in [2.75, 3.05) is 31.5 Å². The predicted octanol–water partition coefficient (Wildman–Crippen LogP) is 3.59. The maximum Gasteiger partial charge on any atom is 0.279 e. The molecule has 3 nitrogen and oxygen atoms in total. The van der Waals surface area contributed by atoms with E-state index < -0.39 is 0 Å². The maximum atomic E-state index is 12.4. The number of aryl methyl sites for hydroxylation is 3. The van der Waals surface area contributed by atoms with Crippen molar-refractivity contribution in [3.8, 4) is 0 Å². The van der Waals surface area contributed by atoms with Crippen LogP contribution in [0.5, 0.6) is 0 Å². The molecule has 1 rings (SSSR count). The van der Waals surface area contributed by atoms with Crippen molar-refractivity contribution in [1.82, 2.24) is 0 Å². The normalized spacial score (nSPS) is 11.3. The molecule has 3 heteroatoms. The standard InChI is InChI=1S/C18H28N2O/c1-7-10-20(8-2,9-3)13-17(21)19-18-15(5)11-14(4)12-16(18)6/h7,11-12H,1,8-10,13H2,2-6H3/p+1. The number of nitrogens with zero attached hydrogens (tertiary/aromatic N) is 1. The number of carbonyl (C=O) groups excluding carboxylic acids is 1. The number of rotatable bonds is 7. The van der Waals surface area contributed by atoms with Crippen LogP contribution in [0.3, 0.4) is 0 Å². The van der Waals surface area contributed by atoms with Crippen molar-refractivity contribution in [3.63, 3.8) is 0 Å². The first-order chi connectivity index (χ1) is 9.87. The summed E-state index contributed by atoms with van der Waals surface area (Å²) in [6.07, 6.45) is 1.91. The van der Waals surface area contributed by atoms with Gasteiger partial charge in [0, 0.05) is 5.69 Å². The third kappa shape index (κ3) is 4.43. The van der Waals surface area contributed by atoms with Crippen molar-refractivity contribution >= 4 is 11.6 Å². The van der Waals surface area contributed by atoms with Gasteiger partial charge in [-0.25, -0.2) is 0 Å². The third-order valence-corrected chi connectivity index (χ3v) is 4.28. The zero-order valence-electron chi connectivity index (χ0n) is 14.1. The highest BCUT2D eigenvalue weighted by atomic mass is 16.2. The summed E-state index contributed by atoms with van der Waals surface area (Å²) in [5, 5.41) is 3.10. The molecular formula is C18H29N2O+. The molecule has 0 aliphatic rings. The SMILES string of the molecule is C=CC[N+](CC)(CC)CC(=O)Nc1c(C)cc(C)cc1C. The lowest BCUT2D eigenvalue weighted by Gasteiger charge is -2.35. The number of nitrogens with one attached hydrogen (secondary N) is 1. The summed E-state index contributed by atoms with van der Waals surface area (Å²) in [7, 11) is 0. The minimum atomic E-state index is 0.0793. The van der Waals surface area contributed by atoms with E-state index in [-0.39, 0.29) is 5.91 Å². The van der Waals surface area contributed by atoms with Crippen LogP contribution in [0.2, 0.25) is 0 Å². The Kier molecular flexibility index (Phi) is 6.16. The Hall–Kier alpha value is -1.61. The van der Waals surface area contributed by atoms with E-state index in [0.717, 1.165) is 40.9 Å². The van der Waals surface area contributed by atoms with Gasteiger partial charge in [0.25, 0.3) is 5.91 Å². The summed E-state index contributed by atoms with van der Waals surface area (Å²) < 4.78 is 0.749. The van der Waals surface area contributed by atoms with Crippen LogP contribution >= 0.6 is 0 Å². The topological polar surface area (TPSA) is 29.1 Å². The molecule has 0 atom stereocenters. The van der Waals surface area contributed by atoms with Crippen LogP contribution in [0.25, 0.3) is 0 Å². The molecule has 0 aromatic heterocycles. The van der Waals surface area contributed by atoms with Crippen molar-refractivity contribution < 1.29 is 9.28 Å². The minimum Gasteiger partial charge on any atom is -0.321 e. The van der Waals surface area contributed by atoms with E-state index in [0.29, 0.717) is 6.54 Å². The Morgan fingerprint density at radius 3 is 2.14 bits per heavy atom. The van der Waals surface area contributed by atoms with Crippen LogP contribution in [-0.2, 0) is 4.79 Å². The monoisotopic (exact) mass is 289 g/mol. The van der Waals surface area contributed by atoms with Crippen molar-refractivity contribution in [2.24, 2.45) is 0 Å². The van der Waals surface area contributed by atoms with E-state index in [9.17, 15) is 4.79 Å². The summed E-state index contributed by atoms with van der Waals surface area (Å²) in [4.78, 5) is 12.4. The largest absolute Gasteiger partial charge is 0.321 e. The van der Waals surface area contributed by atoms with Gasteiger partial charge in [0.05, 0.1) is 19.6 Å². The van der Waals surface area contributed by atoms with Crippen LogP contribution in [0.4, 0.5) is 5.69 Å². The number of quaternary nitrogens is 1. The summed E-state index contributed by atoms with van der Waals surface area (Å²) in [6.45, 7) is 17.4. The summed E-state index contributed by atoms with van der Waals surface area (Å²) in [5.74, 6) is 0.0793. The first-order valence-electron chi connectivity index (χ1n) is 7.71. The van der Waals surface area contributed by atoms with Gasteiger partial charge in [-0.05, 0) is 51.8 Å². The smallest absolute Gasteiger partial charge is 0.279 e. The molecular weight excluding hydrogens is 260 g/mol. The zero-order valence-corrected chi connectivity index (χ0v) is 14.1. The van der Waals surface area contributed by atoms with Gasteiger partial charge in [0.2, 0.25) is 0 Å². The second-order valence-electron chi connectivity index (χ2n) is 5.93. The average molecular weight is 289 g/mol. The number of carbonyl (C=O) groups is 1. The molecule has 0 spiro atoms. The number of anilines is 1. The van der Waals surface area contributed by atoms with Crippen LogP contribution in [0.1, 0.15) is 30.5 Å². The lowest BCUT2D eigenvalue weighted by Crippen LogP contribution is -2.52. The quantitative estimate of drug-likeness (QED) is 0.603. The van der Waals surface area contributed by atoms with Crippen LogP contribution in [0.15, 0.2) is 24.8 Å². The van der Waals surface area contributed by atoms with E-state index in [4.69, 9.17) is 0 Å². The van der Waals surface area contributed by atoms with Gasteiger partial charge in [-0.3, -0.25) is 4.79 Å². The number of likely N-dealkylation sites (N-methyl/N-ethyl adjacent to an activating group) is 1. The second kappa shape index (κ2) is 7.41. The number of amides is 1. The van der Waals surface area contributed by atoms with Gasteiger partial charge in [-0.1, -0.05) is 24.3 Å². The average Bonchev–Trinajstić information content (AvgIpc) is 2.42. The molecule has 0 saturated heterocycles. The highest BCUT2D eigenvalue weighted by molar-refractivity contribution is 5.93. The van der Waals surface area contributed by atoms with Crippen LogP contribution < -0.4 is 5.32 Å². The summed E-state index contributed by atoms with van der Waals surface area (Å²) >= 11 is 0. The third-order valence-electron chi connectivity index (χ3n) is 4.28. The molecule has 1 aromatic rings. The fraction of sp³-hybridized carbons (Fsp3) is 0.500. The van der Waals surface area contributed by atoms with Gasteiger partial charge in [-0.15, -0.1) is 0 Å². The Morgan fingerprint density at radius 2 is 1.71 bits per heavy atom. The molecule has 0 aliphatic heterocycles. The second-order valence-corrected chi connectivity index (χ2v) is 5.93. The van der Waals surface area contributed by atoms with Gasteiger partial charge >= 0.3 is 0 Å². The fourth-order valence-electron chi connectivity index (χ4n) is 2.90. The van der Waals surface area contributed by atoms with Gasteiger partial charge in [-0.2, -0.15) is 0 Å². The van der Waals surface area contributed by atoms with E-state index >= 15 is 0 Å². The molecule has 116 valence electrons. The number of benzene rings is 1. The molecule has 0 aliphatic carbocycles. The van der Waals surface area contributed by atoms with Crippen molar-refractivity contribution in [2.45, 2.75) is 34.6 Å².